The van der Waals surface area contributed by atoms with Gasteiger partial charge in [-0.1, -0.05) is 38.2 Å². The second-order valence-corrected chi connectivity index (χ2v) is 6.01. The second-order valence-electron chi connectivity index (χ2n) is 6.01. The number of hydrogen-bond donors (Lipinski definition) is 0. The van der Waals surface area contributed by atoms with E-state index >= 15 is 0 Å². The zero-order valence-electron chi connectivity index (χ0n) is 14.2. The summed E-state index contributed by atoms with van der Waals surface area (Å²) in [4.78, 5) is 12.4. The summed E-state index contributed by atoms with van der Waals surface area (Å²) in [6.45, 7) is 8.22. The van der Waals surface area contributed by atoms with Crippen molar-refractivity contribution >= 4 is 5.97 Å². The Morgan fingerprint density at radius 3 is 2.35 bits per heavy atom. The molecule has 2 rings (SSSR count). The van der Waals surface area contributed by atoms with Crippen LogP contribution < -0.4 is 0 Å². The third kappa shape index (κ3) is 3.12. The first kappa shape index (κ1) is 16.8. The van der Waals surface area contributed by atoms with Crippen LogP contribution in [0.15, 0.2) is 69.4 Å². The van der Waals surface area contributed by atoms with Crippen molar-refractivity contribution in [1.82, 2.24) is 0 Å². The summed E-state index contributed by atoms with van der Waals surface area (Å²) in [5, 5.41) is 9.46. The van der Waals surface area contributed by atoms with Gasteiger partial charge in [-0.3, -0.25) is 0 Å². The van der Waals surface area contributed by atoms with E-state index in [1.165, 1.54) is 12.7 Å². The number of carbonyl (C=O) groups excluding carboxylic acids is 1. The van der Waals surface area contributed by atoms with Gasteiger partial charge in [-0.2, -0.15) is 5.26 Å². The third-order valence-electron chi connectivity index (χ3n) is 4.12. The van der Waals surface area contributed by atoms with Crippen molar-refractivity contribution in [3.63, 3.8) is 0 Å². The molecule has 0 aromatic carbocycles. The fourth-order valence-corrected chi connectivity index (χ4v) is 2.73. The number of hydrogen-bond acceptors (Lipinski definition) is 3. The summed E-state index contributed by atoms with van der Waals surface area (Å²) < 4.78 is 4.94. The molecule has 23 heavy (non-hydrogen) atoms. The van der Waals surface area contributed by atoms with Gasteiger partial charge in [0.2, 0.25) is 0 Å². The second kappa shape index (κ2) is 6.66. The number of fused-ring (bicyclic) bond motifs is 1. The number of esters is 1. The molecule has 0 spiro atoms. The van der Waals surface area contributed by atoms with Gasteiger partial charge in [0, 0.05) is 5.57 Å². The van der Waals surface area contributed by atoms with Crippen molar-refractivity contribution in [1.29, 1.82) is 5.26 Å². The molecule has 0 bridgehead atoms. The molecule has 0 N–H and O–H groups in total. The first-order chi connectivity index (χ1) is 10.9. The highest BCUT2D eigenvalue weighted by molar-refractivity contribution is 5.99. The Morgan fingerprint density at radius 1 is 1.13 bits per heavy atom. The monoisotopic (exact) mass is 307 g/mol. The molecular formula is C20H21NO2. The number of rotatable bonds is 2. The third-order valence-corrected chi connectivity index (χ3v) is 4.12. The van der Waals surface area contributed by atoms with Gasteiger partial charge < -0.3 is 4.74 Å². The zero-order valence-corrected chi connectivity index (χ0v) is 14.2. The van der Waals surface area contributed by atoms with Crippen molar-refractivity contribution in [3.05, 3.63) is 69.4 Å². The molecule has 3 nitrogen and oxygen atoms in total. The lowest BCUT2D eigenvalue weighted by Crippen LogP contribution is -2.11. The molecule has 0 amide bonds. The van der Waals surface area contributed by atoms with E-state index < -0.39 is 5.97 Å². The summed E-state index contributed by atoms with van der Waals surface area (Å²) in [5.74, 6) is -0.116. The van der Waals surface area contributed by atoms with Crippen molar-refractivity contribution < 1.29 is 9.53 Å². The van der Waals surface area contributed by atoms with Crippen LogP contribution in [0.5, 0.6) is 0 Å². The number of carbonyl (C=O) groups is 1. The van der Waals surface area contributed by atoms with Crippen LogP contribution in [-0.2, 0) is 9.53 Å². The Morgan fingerprint density at radius 2 is 1.78 bits per heavy atom. The number of nitrogens with zero attached hydrogens (tertiary/aromatic N) is 1. The van der Waals surface area contributed by atoms with E-state index in [1.807, 2.05) is 26.0 Å². The molecule has 0 radical (unpaired) electrons. The van der Waals surface area contributed by atoms with Crippen molar-refractivity contribution in [2.24, 2.45) is 5.92 Å². The smallest absolute Gasteiger partial charge is 0.339 e. The molecule has 0 saturated heterocycles. The summed E-state index contributed by atoms with van der Waals surface area (Å²) in [6, 6.07) is 2.12. The van der Waals surface area contributed by atoms with Crippen molar-refractivity contribution in [2.45, 2.75) is 27.7 Å². The fourth-order valence-electron chi connectivity index (χ4n) is 2.73. The van der Waals surface area contributed by atoms with E-state index in [9.17, 15) is 10.1 Å². The van der Waals surface area contributed by atoms with Gasteiger partial charge in [-0.05, 0) is 48.1 Å². The average molecular weight is 307 g/mol. The molecular weight excluding hydrogens is 286 g/mol. The van der Waals surface area contributed by atoms with Crippen LogP contribution in [0, 0.1) is 17.2 Å². The molecule has 2 aliphatic rings. The first-order valence-corrected chi connectivity index (χ1v) is 7.63. The predicted octanol–water partition coefficient (Wildman–Crippen LogP) is 4.33. The fraction of sp³-hybridized carbons (Fsp3) is 0.300. The summed E-state index contributed by atoms with van der Waals surface area (Å²) in [7, 11) is 1.34. The van der Waals surface area contributed by atoms with Crippen LogP contribution in [0.4, 0.5) is 0 Å². The van der Waals surface area contributed by atoms with Crippen LogP contribution in [0.2, 0.25) is 0 Å². The van der Waals surface area contributed by atoms with Gasteiger partial charge >= 0.3 is 5.97 Å². The molecule has 0 atom stereocenters. The molecule has 0 heterocycles. The van der Waals surface area contributed by atoms with Crippen LogP contribution in [-0.4, -0.2) is 13.1 Å². The van der Waals surface area contributed by atoms with Crippen molar-refractivity contribution in [3.8, 4) is 6.07 Å². The Kier molecular flexibility index (Phi) is 4.86. The van der Waals surface area contributed by atoms with Gasteiger partial charge in [0.25, 0.3) is 0 Å². The lowest BCUT2D eigenvalue weighted by molar-refractivity contribution is -0.135. The lowest BCUT2D eigenvalue weighted by Gasteiger charge is -2.15. The minimum absolute atomic E-state index is 0.329. The van der Waals surface area contributed by atoms with E-state index in [-0.39, 0.29) is 0 Å². The van der Waals surface area contributed by atoms with Crippen LogP contribution >= 0.6 is 0 Å². The highest BCUT2D eigenvalue weighted by Crippen LogP contribution is 2.36. The van der Waals surface area contributed by atoms with E-state index in [0.29, 0.717) is 17.1 Å². The quantitative estimate of drug-likeness (QED) is 0.713. The topological polar surface area (TPSA) is 50.1 Å². The Bertz CT molecular complexity index is 775. The highest BCUT2D eigenvalue weighted by atomic mass is 16.5. The number of ether oxygens (including phenoxy) is 1. The van der Waals surface area contributed by atoms with E-state index in [0.717, 1.165) is 22.3 Å². The Hall–Kier alpha value is -2.60. The average Bonchev–Trinajstić information content (AvgIpc) is 2.78. The van der Waals surface area contributed by atoms with Crippen LogP contribution in [0.1, 0.15) is 27.7 Å². The van der Waals surface area contributed by atoms with E-state index in [2.05, 4.69) is 32.1 Å². The largest absolute Gasteiger partial charge is 0.465 e. The lowest BCUT2D eigenvalue weighted by atomic mass is 9.89. The number of methoxy groups -OCH3 is 1. The van der Waals surface area contributed by atoms with Gasteiger partial charge in [0.05, 0.1) is 18.3 Å². The minimum atomic E-state index is -0.484. The maximum Gasteiger partial charge on any atom is 0.339 e. The molecule has 0 fully saturated rings. The van der Waals surface area contributed by atoms with Gasteiger partial charge in [0.1, 0.15) is 6.07 Å². The first-order valence-electron chi connectivity index (χ1n) is 7.63. The molecule has 2 aliphatic carbocycles. The Labute approximate surface area is 137 Å². The summed E-state index contributed by atoms with van der Waals surface area (Å²) in [5.41, 5.74) is 5.57. The standard InChI is InChI=1S/C20H21NO2/c1-12(2)15-8-7-14(4)18-17(10-15)13(3)6-9-16(11-21)19(18)20(22)23-5/h6-10,12H,1-5H3. The SMILES string of the molecule is COC(=O)C1=C(C#N)C=CC(C)=C2C=C(C(C)C)C=CC(C)=C21. The maximum absolute atomic E-state index is 12.4. The normalized spacial score (nSPS) is 17.7. The van der Waals surface area contributed by atoms with E-state index in [1.54, 1.807) is 6.08 Å². The van der Waals surface area contributed by atoms with E-state index in [4.69, 9.17) is 4.74 Å². The zero-order chi connectivity index (χ0) is 17.1. The molecule has 0 aromatic rings. The van der Waals surface area contributed by atoms with Crippen molar-refractivity contribution in [2.75, 3.05) is 7.11 Å². The molecule has 0 unspecified atom stereocenters. The highest BCUT2D eigenvalue weighted by Gasteiger charge is 2.27. The number of nitriles is 1. The predicted molar refractivity (Wildman–Crippen MR) is 91.3 cm³/mol. The maximum atomic E-state index is 12.4. The molecule has 0 aromatic heterocycles. The van der Waals surface area contributed by atoms with Crippen LogP contribution in [0.3, 0.4) is 0 Å². The Balaban J connectivity index is 2.84. The number of allylic oxidation sites excluding steroid dienone is 10. The summed E-state index contributed by atoms with van der Waals surface area (Å²) >= 11 is 0. The molecule has 3 heteroatoms. The minimum Gasteiger partial charge on any atom is -0.465 e. The van der Waals surface area contributed by atoms with Gasteiger partial charge in [-0.25, -0.2) is 4.79 Å². The van der Waals surface area contributed by atoms with Gasteiger partial charge in [-0.15, -0.1) is 0 Å². The summed E-state index contributed by atoms with van der Waals surface area (Å²) in [6.07, 6.45) is 9.76. The molecule has 0 saturated carbocycles. The molecule has 0 aliphatic heterocycles. The van der Waals surface area contributed by atoms with Crippen LogP contribution in [0.25, 0.3) is 0 Å². The van der Waals surface area contributed by atoms with Gasteiger partial charge in [0.15, 0.2) is 0 Å². The molecule has 118 valence electrons.